The number of nitrogens with zero attached hydrogens (tertiary/aromatic N) is 2. The van der Waals surface area contributed by atoms with Crippen LogP contribution in [0.2, 0.25) is 0 Å². The zero-order valence-electron chi connectivity index (χ0n) is 22.7. The van der Waals surface area contributed by atoms with E-state index in [2.05, 4.69) is 10.6 Å². The number of aryl methyl sites for hydroxylation is 1. The zero-order valence-corrected chi connectivity index (χ0v) is 22.7. The SMILES string of the molecule is CN1C(=O)C(NC(=O)C(CCc2ccccc2)NC(=O)OC(C)(C)C)N=C(c2ccccc2)c2ccccc21. The van der Waals surface area contributed by atoms with Crippen molar-refractivity contribution in [3.8, 4) is 0 Å². The van der Waals surface area contributed by atoms with Gasteiger partial charge in [0.25, 0.3) is 5.91 Å². The number of benzene rings is 3. The van der Waals surface area contributed by atoms with Gasteiger partial charge < -0.3 is 20.3 Å². The lowest BCUT2D eigenvalue weighted by atomic mass is 10.0. The Bertz CT molecular complexity index is 1350. The highest BCUT2D eigenvalue weighted by Gasteiger charge is 2.33. The fraction of sp³-hybridized carbons (Fsp3) is 0.290. The van der Waals surface area contributed by atoms with Crippen LogP contribution in [0.3, 0.4) is 0 Å². The number of para-hydroxylation sites is 1. The Morgan fingerprint density at radius 2 is 1.56 bits per heavy atom. The van der Waals surface area contributed by atoms with E-state index >= 15 is 0 Å². The lowest BCUT2D eigenvalue weighted by Gasteiger charge is -2.25. The van der Waals surface area contributed by atoms with Crippen molar-refractivity contribution in [2.24, 2.45) is 4.99 Å². The second-order valence-electron chi connectivity index (χ2n) is 10.4. The van der Waals surface area contributed by atoms with Crippen molar-refractivity contribution >= 4 is 29.3 Å². The molecule has 1 heterocycles. The van der Waals surface area contributed by atoms with Crippen molar-refractivity contribution in [3.05, 3.63) is 102 Å². The van der Waals surface area contributed by atoms with E-state index in [4.69, 9.17) is 9.73 Å². The van der Waals surface area contributed by atoms with Crippen LogP contribution in [0.1, 0.15) is 43.9 Å². The molecule has 202 valence electrons. The van der Waals surface area contributed by atoms with Crippen molar-refractivity contribution in [2.75, 3.05) is 11.9 Å². The number of carbonyl (C=O) groups is 3. The molecule has 2 atom stereocenters. The van der Waals surface area contributed by atoms with E-state index < -0.39 is 29.8 Å². The zero-order chi connectivity index (χ0) is 28.0. The number of alkyl carbamates (subject to hydrolysis) is 1. The first-order chi connectivity index (χ1) is 18.6. The van der Waals surface area contributed by atoms with Gasteiger partial charge in [0, 0.05) is 18.2 Å². The highest BCUT2D eigenvalue weighted by Crippen LogP contribution is 2.27. The molecule has 0 spiro atoms. The van der Waals surface area contributed by atoms with Gasteiger partial charge in [-0.15, -0.1) is 0 Å². The maximum atomic E-state index is 13.6. The van der Waals surface area contributed by atoms with Crippen molar-refractivity contribution < 1.29 is 19.1 Å². The van der Waals surface area contributed by atoms with Crippen LogP contribution in [0.15, 0.2) is 89.9 Å². The molecule has 8 nitrogen and oxygen atoms in total. The molecule has 2 unspecified atom stereocenters. The summed E-state index contributed by atoms with van der Waals surface area (Å²) in [6, 6.07) is 25.8. The van der Waals surface area contributed by atoms with Gasteiger partial charge in [-0.3, -0.25) is 9.59 Å². The third kappa shape index (κ3) is 7.10. The van der Waals surface area contributed by atoms with Crippen LogP contribution in [0, 0.1) is 0 Å². The predicted molar refractivity (Wildman–Crippen MR) is 152 cm³/mol. The van der Waals surface area contributed by atoms with Gasteiger partial charge in [-0.25, -0.2) is 9.79 Å². The van der Waals surface area contributed by atoms with Crippen molar-refractivity contribution in [1.82, 2.24) is 10.6 Å². The van der Waals surface area contributed by atoms with Crippen molar-refractivity contribution in [3.63, 3.8) is 0 Å². The number of hydrogen-bond donors (Lipinski definition) is 2. The summed E-state index contributed by atoms with van der Waals surface area (Å²) in [7, 11) is 1.66. The Balaban J connectivity index is 1.63. The van der Waals surface area contributed by atoms with Gasteiger partial charge >= 0.3 is 6.09 Å². The Kier molecular flexibility index (Phi) is 8.44. The van der Waals surface area contributed by atoms with Gasteiger partial charge in [-0.1, -0.05) is 78.9 Å². The highest BCUT2D eigenvalue weighted by atomic mass is 16.6. The second-order valence-corrected chi connectivity index (χ2v) is 10.4. The van der Waals surface area contributed by atoms with Gasteiger partial charge in [-0.05, 0) is 45.2 Å². The maximum Gasteiger partial charge on any atom is 0.408 e. The third-order valence-electron chi connectivity index (χ3n) is 6.24. The van der Waals surface area contributed by atoms with E-state index in [0.29, 0.717) is 24.2 Å². The molecule has 3 aromatic carbocycles. The lowest BCUT2D eigenvalue weighted by molar-refractivity contribution is -0.128. The summed E-state index contributed by atoms with van der Waals surface area (Å²) in [5.74, 6) is -0.911. The summed E-state index contributed by atoms with van der Waals surface area (Å²) < 4.78 is 5.40. The molecule has 0 saturated heterocycles. The van der Waals surface area contributed by atoms with E-state index in [9.17, 15) is 14.4 Å². The third-order valence-corrected chi connectivity index (χ3v) is 6.24. The molecule has 0 radical (unpaired) electrons. The standard InChI is InChI=1S/C31H34N4O4/c1-31(2,3)39-30(38)32-24(20-19-21-13-7-5-8-14-21)28(36)34-27-29(37)35(4)25-18-12-11-17-23(25)26(33-27)22-15-9-6-10-16-22/h5-18,24,27H,19-20H2,1-4H3,(H,32,38)(H,34,36). The highest BCUT2D eigenvalue weighted by molar-refractivity contribution is 6.20. The quantitative estimate of drug-likeness (QED) is 0.475. The van der Waals surface area contributed by atoms with E-state index in [0.717, 1.165) is 16.7 Å². The molecule has 8 heteroatoms. The largest absolute Gasteiger partial charge is 0.444 e. The molecule has 0 aliphatic carbocycles. The smallest absolute Gasteiger partial charge is 0.408 e. The van der Waals surface area contributed by atoms with Crippen LogP contribution in [0.25, 0.3) is 0 Å². The number of fused-ring (bicyclic) bond motifs is 1. The molecule has 39 heavy (non-hydrogen) atoms. The fourth-order valence-corrected chi connectivity index (χ4v) is 4.35. The molecule has 4 rings (SSSR count). The molecule has 1 aliphatic rings. The average Bonchev–Trinajstić information content (AvgIpc) is 3.01. The van der Waals surface area contributed by atoms with Crippen LogP contribution in [-0.2, 0) is 20.7 Å². The molecule has 3 amide bonds. The summed E-state index contributed by atoms with van der Waals surface area (Å²) in [5.41, 5.74) is 3.17. The van der Waals surface area contributed by atoms with Crippen LogP contribution < -0.4 is 15.5 Å². The topological polar surface area (TPSA) is 100 Å². The van der Waals surface area contributed by atoms with Gasteiger partial charge in [-0.2, -0.15) is 0 Å². The lowest BCUT2D eigenvalue weighted by Crippen LogP contribution is -2.54. The summed E-state index contributed by atoms with van der Waals surface area (Å²) >= 11 is 0. The minimum atomic E-state index is -1.19. The summed E-state index contributed by atoms with van der Waals surface area (Å²) in [6.45, 7) is 5.26. The normalized spacial score (nSPS) is 15.9. The van der Waals surface area contributed by atoms with E-state index in [1.165, 1.54) is 4.90 Å². The summed E-state index contributed by atoms with van der Waals surface area (Å²) in [4.78, 5) is 46.0. The molecular formula is C31H34N4O4. The first kappa shape index (κ1) is 27.6. The number of amides is 3. The number of benzodiazepines with no additional fused rings is 1. The molecule has 0 fully saturated rings. The summed E-state index contributed by atoms with van der Waals surface area (Å²) in [5, 5.41) is 5.48. The first-order valence-electron chi connectivity index (χ1n) is 13.0. The number of rotatable bonds is 7. The Morgan fingerprint density at radius 3 is 2.23 bits per heavy atom. The van der Waals surface area contributed by atoms with E-state index in [-0.39, 0.29) is 5.91 Å². The van der Waals surface area contributed by atoms with E-state index in [1.807, 2.05) is 84.9 Å². The Labute approximate surface area is 229 Å². The Hall–Kier alpha value is -4.46. The van der Waals surface area contributed by atoms with Crippen molar-refractivity contribution in [2.45, 2.75) is 51.4 Å². The number of carbonyl (C=O) groups excluding carboxylic acids is 3. The average molecular weight is 527 g/mol. The fourth-order valence-electron chi connectivity index (χ4n) is 4.35. The molecule has 0 aromatic heterocycles. The molecule has 1 aliphatic heterocycles. The van der Waals surface area contributed by atoms with Crippen molar-refractivity contribution in [1.29, 1.82) is 0 Å². The second kappa shape index (κ2) is 11.9. The molecule has 2 N–H and O–H groups in total. The molecule has 0 saturated carbocycles. The number of ether oxygens (including phenoxy) is 1. The molecule has 0 bridgehead atoms. The predicted octanol–water partition coefficient (Wildman–Crippen LogP) is 4.47. The number of nitrogens with one attached hydrogen (secondary N) is 2. The van der Waals surface area contributed by atoms with Gasteiger partial charge in [0.05, 0.1) is 11.4 Å². The number of anilines is 1. The van der Waals surface area contributed by atoms with Gasteiger partial charge in [0.2, 0.25) is 12.1 Å². The van der Waals surface area contributed by atoms with Crippen LogP contribution >= 0.6 is 0 Å². The number of aliphatic imine (C=N–C) groups is 1. The minimum absolute atomic E-state index is 0.307. The van der Waals surface area contributed by atoms with Gasteiger partial charge in [0.15, 0.2) is 0 Å². The summed E-state index contributed by atoms with van der Waals surface area (Å²) in [6.07, 6.45) is -1.05. The van der Waals surface area contributed by atoms with E-state index in [1.54, 1.807) is 27.8 Å². The molecule has 3 aromatic rings. The van der Waals surface area contributed by atoms with Crippen LogP contribution in [0.4, 0.5) is 10.5 Å². The van der Waals surface area contributed by atoms with Crippen LogP contribution in [-0.4, -0.2) is 48.5 Å². The minimum Gasteiger partial charge on any atom is -0.444 e. The molecular weight excluding hydrogens is 492 g/mol. The van der Waals surface area contributed by atoms with Gasteiger partial charge in [0.1, 0.15) is 11.6 Å². The number of hydrogen-bond acceptors (Lipinski definition) is 5. The monoisotopic (exact) mass is 526 g/mol. The Morgan fingerprint density at radius 1 is 0.949 bits per heavy atom. The maximum absolute atomic E-state index is 13.6. The number of likely N-dealkylation sites (N-methyl/N-ethyl adjacent to an activating group) is 1. The van der Waals surface area contributed by atoms with Crippen LogP contribution in [0.5, 0.6) is 0 Å². The first-order valence-corrected chi connectivity index (χ1v) is 13.0.